The van der Waals surface area contributed by atoms with Crippen LogP contribution >= 0.6 is 22.9 Å². The zero-order valence-electron chi connectivity index (χ0n) is 13.4. The topological polar surface area (TPSA) is 72.2 Å². The second-order valence-corrected chi connectivity index (χ2v) is 9.44. The Labute approximate surface area is 158 Å². The monoisotopic (exact) mass is 412 g/mol. The molecule has 9 heteroatoms. The van der Waals surface area contributed by atoms with Crippen molar-refractivity contribution >= 4 is 38.6 Å². The third-order valence-electron chi connectivity index (χ3n) is 4.24. The lowest BCUT2D eigenvalue weighted by Gasteiger charge is -2.21. The predicted octanol–water partition coefficient (Wildman–Crippen LogP) is 5.26. The first-order valence-electron chi connectivity index (χ1n) is 7.96. The van der Waals surface area contributed by atoms with Gasteiger partial charge in [0.05, 0.1) is 21.8 Å². The van der Waals surface area contributed by atoms with Gasteiger partial charge in [-0.15, -0.1) is 11.3 Å². The van der Waals surface area contributed by atoms with Gasteiger partial charge in [-0.1, -0.05) is 18.0 Å². The van der Waals surface area contributed by atoms with Crippen LogP contribution in [0.4, 0.5) is 10.1 Å². The van der Waals surface area contributed by atoms with Crippen LogP contribution in [0.5, 0.6) is 0 Å². The van der Waals surface area contributed by atoms with Gasteiger partial charge in [0.2, 0.25) is 0 Å². The predicted molar refractivity (Wildman–Crippen MR) is 98.6 cm³/mol. The molecule has 2 heterocycles. The van der Waals surface area contributed by atoms with E-state index in [1.165, 1.54) is 24.6 Å². The highest BCUT2D eigenvalue weighted by molar-refractivity contribution is 7.94. The summed E-state index contributed by atoms with van der Waals surface area (Å²) in [6.45, 7) is 0. The number of nitrogens with zero attached hydrogens (tertiary/aromatic N) is 1. The van der Waals surface area contributed by atoms with Gasteiger partial charge in [0.15, 0.2) is 11.7 Å². The molecular formula is C17H14ClFN2O3S2. The molecule has 1 aliphatic rings. The highest BCUT2D eigenvalue weighted by Crippen LogP contribution is 2.39. The van der Waals surface area contributed by atoms with Crippen LogP contribution in [-0.2, 0) is 10.0 Å². The SMILES string of the molecule is O=S(=O)(Nc1ccc(F)c(Cl)c1)c1ccc(-c2cnc(C3CCC3)o2)s1. The Hall–Kier alpha value is -1.90. The van der Waals surface area contributed by atoms with Crippen LogP contribution in [-0.4, -0.2) is 13.4 Å². The lowest BCUT2D eigenvalue weighted by Crippen LogP contribution is -2.11. The van der Waals surface area contributed by atoms with Gasteiger partial charge in [0.1, 0.15) is 10.0 Å². The number of anilines is 1. The highest BCUT2D eigenvalue weighted by Gasteiger charge is 2.25. The number of rotatable bonds is 5. The lowest BCUT2D eigenvalue weighted by atomic mass is 9.85. The molecule has 3 aromatic rings. The summed E-state index contributed by atoms with van der Waals surface area (Å²) < 4.78 is 46.6. The number of nitrogens with one attached hydrogen (secondary N) is 1. The maximum atomic E-state index is 13.2. The summed E-state index contributed by atoms with van der Waals surface area (Å²) in [4.78, 5) is 4.98. The van der Waals surface area contributed by atoms with Gasteiger partial charge in [-0.25, -0.2) is 17.8 Å². The number of aromatic nitrogens is 1. The molecule has 4 rings (SSSR count). The Morgan fingerprint density at radius 2 is 2.08 bits per heavy atom. The highest BCUT2D eigenvalue weighted by atomic mass is 35.5. The molecule has 0 spiro atoms. The number of hydrogen-bond donors (Lipinski definition) is 1. The van der Waals surface area contributed by atoms with Gasteiger partial charge in [0.25, 0.3) is 10.0 Å². The summed E-state index contributed by atoms with van der Waals surface area (Å²) in [6, 6.07) is 6.83. The van der Waals surface area contributed by atoms with Crippen LogP contribution < -0.4 is 4.72 Å². The summed E-state index contributed by atoms with van der Waals surface area (Å²) in [5.74, 6) is 1.03. The maximum Gasteiger partial charge on any atom is 0.271 e. The van der Waals surface area contributed by atoms with Crippen LogP contribution in [0, 0.1) is 5.82 Å². The van der Waals surface area contributed by atoms with E-state index in [1.54, 1.807) is 12.3 Å². The standard InChI is InChI=1S/C17H14ClFN2O3S2/c18-12-8-11(4-5-13(12)19)21-26(22,23)16-7-6-15(25-16)14-9-20-17(24-14)10-2-1-3-10/h4-10,21H,1-3H2. The van der Waals surface area contributed by atoms with Gasteiger partial charge in [-0.3, -0.25) is 4.72 Å². The normalized spacial score (nSPS) is 15.0. The minimum absolute atomic E-state index is 0.120. The fourth-order valence-corrected chi connectivity index (χ4v) is 5.09. The minimum Gasteiger partial charge on any atom is -0.440 e. The van der Waals surface area contributed by atoms with Crippen molar-refractivity contribution in [2.45, 2.75) is 29.4 Å². The van der Waals surface area contributed by atoms with Crippen LogP contribution in [0.15, 0.2) is 45.2 Å². The number of halogens is 2. The Kier molecular flexibility index (Phi) is 4.50. The van der Waals surface area contributed by atoms with Crippen molar-refractivity contribution in [2.24, 2.45) is 0 Å². The van der Waals surface area contributed by atoms with Crippen molar-refractivity contribution in [3.8, 4) is 10.6 Å². The van der Waals surface area contributed by atoms with E-state index < -0.39 is 15.8 Å². The number of oxazole rings is 1. The van der Waals surface area contributed by atoms with Crippen LogP contribution in [0.2, 0.25) is 5.02 Å². The van der Waals surface area contributed by atoms with E-state index in [9.17, 15) is 12.8 Å². The van der Waals surface area contributed by atoms with Crippen LogP contribution in [0.25, 0.3) is 10.6 Å². The largest absolute Gasteiger partial charge is 0.440 e. The van der Waals surface area contributed by atoms with Gasteiger partial charge >= 0.3 is 0 Å². The Morgan fingerprint density at radius 3 is 2.77 bits per heavy atom. The fourth-order valence-electron chi connectivity index (χ4n) is 2.61. The quantitative estimate of drug-likeness (QED) is 0.620. The number of benzene rings is 1. The zero-order chi connectivity index (χ0) is 18.3. The lowest BCUT2D eigenvalue weighted by molar-refractivity contribution is 0.338. The summed E-state index contributed by atoms with van der Waals surface area (Å²) in [6.07, 6.45) is 4.97. The Morgan fingerprint density at radius 1 is 1.27 bits per heavy atom. The molecule has 0 unspecified atom stereocenters. The molecular weight excluding hydrogens is 399 g/mol. The molecule has 2 aromatic heterocycles. The van der Waals surface area contributed by atoms with Crippen molar-refractivity contribution in [1.82, 2.24) is 4.98 Å². The molecule has 1 fully saturated rings. The Bertz CT molecular complexity index is 1060. The first-order valence-corrected chi connectivity index (χ1v) is 10.6. The van der Waals surface area contributed by atoms with Gasteiger partial charge in [-0.2, -0.15) is 0 Å². The van der Waals surface area contributed by atoms with Crippen molar-refractivity contribution in [1.29, 1.82) is 0 Å². The maximum absolute atomic E-state index is 13.2. The third-order valence-corrected chi connectivity index (χ3v) is 7.50. The summed E-state index contributed by atoms with van der Waals surface area (Å²) in [5, 5.41) is -0.151. The minimum atomic E-state index is -3.81. The van der Waals surface area contributed by atoms with Crippen LogP contribution in [0.3, 0.4) is 0 Å². The molecule has 0 saturated heterocycles. The molecule has 0 aliphatic heterocycles. The molecule has 0 radical (unpaired) electrons. The average molecular weight is 413 g/mol. The van der Waals surface area contributed by atoms with Crippen LogP contribution in [0.1, 0.15) is 31.1 Å². The number of thiophene rings is 1. The van der Waals surface area contributed by atoms with E-state index in [2.05, 4.69) is 9.71 Å². The van der Waals surface area contributed by atoms with Crippen molar-refractivity contribution in [3.05, 3.63) is 53.3 Å². The molecule has 5 nitrogen and oxygen atoms in total. The van der Waals surface area contributed by atoms with Crippen molar-refractivity contribution in [3.63, 3.8) is 0 Å². The van der Waals surface area contributed by atoms with E-state index in [0.717, 1.165) is 30.2 Å². The molecule has 0 bridgehead atoms. The number of sulfonamides is 1. The molecule has 1 aliphatic carbocycles. The third kappa shape index (κ3) is 3.36. The summed E-state index contributed by atoms with van der Waals surface area (Å²) in [5.41, 5.74) is 0.193. The summed E-state index contributed by atoms with van der Waals surface area (Å²) >= 11 is 6.77. The first kappa shape index (κ1) is 17.5. The van der Waals surface area contributed by atoms with Gasteiger partial charge < -0.3 is 4.42 Å². The molecule has 0 atom stereocenters. The molecule has 26 heavy (non-hydrogen) atoms. The van der Waals surface area contributed by atoms with E-state index in [0.29, 0.717) is 22.4 Å². The van der Waals surface area contributed by atoms with Crippen molar-refractivity contribution < 1.29 is 17.2 Å². The van der Waals surface area contributed by atoms with E-state index in [-0.39, 0.29) is 14.9 Å². The molecule has 1 saturated carbocycles. The second kappa shape index (κ2) is 6.68. The molecule has 1 N–H and O–H groups in total. The summed E-state index contributed by atoms with van der Waals surface area (Å²) in [7, 11) is -3.81. The molecule has 0 amide bonds. The van der Waals surface area contributed by atoms with E-state index in [1.807, 2.05) is 0 Å². The first-order chi connectivity index (χ1) is 12.4. The number of hydrogen-bond acceptors (Lipinski definition) is 5. The van der Waals surface area contributed by atoms with Gasteiger partial charge in [-0.05, 0) is 43.2 Å². The fraction of sp³-hybridized carbons (Fsp3) is 0.235. The van der Waals surface area contributed by atoms with E-state index >= 15 is 0 Å². The molecule has 136 valence electrons. The Balaban J connectivity index is 1.56. The second-order valence-electron chi connectivity index (χ2n) is 6.04. The van der Waals surface area contributed by atoms with Crippen molar-refractivity contribution in [2.75, 3.05) is 4.72 Å². The van der Waals surface area contributed by atoms with Gasteiger partial charge in [0, 0.05) is 5.92 Å². The zero-order valence-corrected chi connectivity index (χ0v) is 15.8. The molecule has 1 aromatic carbocycles. The van der Waals surface area contributed by atoms with E-state index in [4.69, 9.17) is 16.0 Å². The smallest absolute Gasteiger partial charge is 0.271 e. The average Bonchev–Trinajstić information content (AvgIpc) is 3.18.